The second-order valence-electron chi connectivity index (χ2n) is 9.03. The molecule has 0 amide bonds. The lowest BCUT2D eigenvalue weighted by Gasteiger charge is -2.10. The van der Waals surface area contributed by atoms with Crippen LogP contribution in [0.4, 0.5) is 0 Å². The van der Waals surface area contributed by atoms with Crippen LogP contribution in [-0.4, -0.2) is 15.0 Å². The van der Waals surface area contributed by atoms with E-state index in [-0.39, 0.29) is 0 Å². The average Bonchev–Trinajstić information content (AvgIpc) is 3.37. The minimum atomic E-state index is 0.614. The number of halogens is 1. The molecular weight excluding hydrogens is 534 g/mol. The number of para-hydroxylation sites is 1. The molecule has 5 heteroatoms. The lowest BCUT2D eigenvalue weighted by atomic mass is 10.0. The molecule has 0 N–H and O–H groups in total. The van der Waals surface area contributed by atoms with Crippen molar-refractivity contribution in [2.24, 2.45) is 0 Å². The van der Waals surface area contributed by atoms with Crippen LogP contribution in [0.5, 0.6) is 0 Å². The number of rotatable bonds is 4. The number of hydrogen-bond acceptors (Lipinski definition) is 4. The molecule has 0 bridgehead atoms. The van der Waals surface area contributed by atoms with E-state index in [1.807, 2.05) is 72.8 Å². The van der Waals surface area contributed by atoms with Gasteiger partial charge in [0.1, 0.15) is 11.2 Å². The van der Waals surface area contributed by atoms with Crippen molar-refractivity contribution in [1.82, 2.24) is 15.0 Å². The Bertz CT molecular complexity index is 1910. The van der Waals surface area contributed by atoms with Crippen molar-refractivity contribution in [3.8, 4) is 45.3 Å². The van der Waals surface area contributed by atoms with Crippen LogP contribution in [0.25, 0.3) is 67.2 Å². The van der Waals surface area contributed by atoms with Gasteiger partial charge in [0, 0.05) is 31.9 Å². The Morgan fingerprint density at radius 3 is 1.74 bits per heavy atom. The first-order valence-corrected chi connectivity index (χ1v) is 13.1. The first-order valence-electron chi connectivity index (χ1n) is 12.3. The Kier molecular flexibility index (Phi) is 5.56. The van der Waals surface area contributed by atoms with Crippen molar-refractivity contribution < 1.29 is 4.42 Å². The largest absolute Gasteiger partial charge is 0.456 e. The maximum Gasteiger partial charge on any atom is 0.164 e. The van der Waals surface area contributed by atoms with Gasteiger partial charge in [-0.25, -0.2) is 15.0 Å². The van der Waals surface area contributed by atoms with Crippen LogP contribution in [0.3, 0.4) is 0 Å². The summed E-state index contributed by atoms with van der Waals surface area (Å²) in [5.74, 6) is 1.87. The van der Waals surface area contributed by atoms with Gasteiger partial charge in [-0.15, -0.1) is 0 Å². The molecule has 7 aromatic rings. The zero-order valence-corrected chi connectivity index (χ0v) is 21.8. The van der Waals surface area contributed by atoms with Crippen molar-refractivity contribution in [3.63, 3.8) is 0 Å². The monoisotopic (exact) mass is 553 g/mol. The summed E-state index contributed by atoms with van der Waals surface area (Å²) in [6.45, 7) is 0. The van der Waals surface area contributed by atoms with Crippen LogP contribution in [0.2, 0.25) is 0 Å². The van der Waals surface area contributed by atoms with E-state index in [1.165, 1.54) is 0 Å². The zero-order chi connectivity index (χ0) is 25.5. The van der Waals surface area contributed by atoms with E-state index in [1.54, 1.807) is 0 Å². The van der Waals surface area contributed by atoms with Gasteiger partial charge in [-0.05, 0) is 35.4 Å². The highest BCUT2D eigenvalue weighted by molar-refractivity contribution is 9.10. The fourth-order valence-electron chi connectivity index (χ4n) is 4.76. The lowest BCUT2D eigenvalue weighted by Crippen LogP contribution is -2.00. The summed E-state index contributed by atoms with van der Waals surface area (Å²) in [5.41, 5.74) is 6.72. The molecule has 0 saturated carbocycles. The first-order chi connectivity index (χ1) is 18.7. The van der Waals surface area contributed by atoms with E-state index in [0.717, 1.165) is 54.2 Å². The van der Waals surface area contributed by atoms with Crippen LogP contribution in [-0.2, 0) is 0 Å². The molecule has 7 rings (SSSR count). The van der Waals surface area contributed by atoms with Gasteiger partial charge in [-0.2, -0.15) is 0 Å². The van der Waals surface area contributed by atoms with E-state index >= 15 is 0 Å². The van der Waals surface area contributed by atoms with Crippen molar-refractivity contribution in [2.75, 3.05) is 0 Å². The van der Waals surface area contributed by atoms with Crippen LogP contribution < -0.4 is 0 Å². The average molecular weight is 554 g/mol. The van der Waals surface area contributed by atoms with E-state index in [9.17, 15) is 0 Å². The van der Waals surface area contributed by atoms with Gasteiger partial charge in [0.2, 0.25) is 0 Å². The molecule has 4 nitrogen and oxygen atoms in total. The summed E-state index contributed by atoms with van der Waals surface area (Å²) >= 11 is 3.51. The van der Waals surface area contributed by atoms with Crippen molar-refractivity contribution in [3.05, 3.63) is 126 Å². The van der Waals surface area contributed by atoms with Crippen molar-refractivity contribution in [1.29, 1.82) is 0 Å². The predicted octanol–water partition coefficient (Wildman–Crippen LogP) is 9.20. The van der Waals surface area contributed by atoms with E-state index < -0.39 is 0 Å². The quantitative estimate of drug-likeness (QED) is 0.218. The minimum Gasteiger partial charge on any atom is -0.456 e. The van der Waals surface area contributed by atoms with Gasteiger partial charge in [0.15, 0.2) is 17.5 Å². The molecule has 0 aliphatic carbocycles. The van der Waals surface area contributed by atoms with E-state index in [2.05, 4.69) is 64.5 Å². The molecule has 2 heterocycles. The number of benzene rings is 5. The second kappa shape index (κ2) is 9.36. The molecule has 0 aliphatic rings. The molecule has 2 aromatic heterocycles. The summed E-state index contributed by atoms with van der Waals surface area (Å²) in [6.07, 6.45) is 0. The molecule has 5 aromatic carbocycles. The Hall–Kier alpha value is -4.61. The lowest BCUT2D eigenvalue weighted by molar-refractivity contribution is 0.669. The number of hydrogen-bond donors (Lipinski definition) is 0. The third-order valence-corrected chi connectivity index (χ3v) is 7.16. The van der Waals surface area contributed by atoms with E-state index in [0.29, 0.717) is 17.5 Å². The summed E-state index contributed by atoms with van der Waals surface area (Å²) in [6, 6.07) is 40.8. The first kappa shape index (κ1) is 22.6. The third kappa shape index (κ3) is 4.07. The maximum absolute atomic E-state index is 6.13. The molecule has 0 aliphatic heterocycles. The zero-order valence-electron chi connectivity index (χ0n) is 20.2. The molecule has 0 radical (unpaired) electrons. The molecule has 0 saturated heterocycles. The van der Waals surface area contributed by atoms with E-state index in [4.69, 9.17) is 19.4 Å². The number of fused-ring (bicyclic) bond motifs is 3. The van der Waals surface area contributed by atoms with Crippen LogP contribution >= 0.6 is 15.9 Å². The van der Waals surface area contributed by atoms with Gasteiger partial charge in [-0.3, -0.25) is 0 Å². The molecular formula is C33H20BrN3O. The van der Waals surface area contributed by atoms with Crippen molar-refractivity contribution in [2.45, 2.75) is 0 Å². The number of furan rings is 1. The Morgan fingerprint density at radius 2 is 1.00 bits per heavy atom. The highest BCUT2D eigenvalue weighted by Gasteiger charge is 2.17. The van der Waals surface area contributed by atoms with Gasteiger partial charge in [0.25, 0.3) is 0 Å². The topological polar surface area (TPSA) is 51.8 Å². The third-order valence-electron chi connectivity index (χ3n) is 6.63. The fourth-order valence-corrected chi connectivity index (χ4v) is 5.02. The van der Waals surface area contributed by atoms with Crippen LogP contribution in [0.15, 0.2) is 130 Å². The smallest absolute Gasteiger partial charge is 0.164 e. The summed E-state index contributed by atoms with van der Waals surface area (Å²) in [5, 5.41) is 2.05. The molecule has 38 heavy (non-hydrogen) atoms. The van der Waals surface area contributed by atoms with Crippen molar-refractivity contribution >= 4 is 37.9 Å². The molecule has 0 unspecified atom stereocenters. The maximum atomic E-state index is 6.13. The number of nitrogens with zero attached hydrogens (tertiary/aromatic N) is 3. The highest BCUT2D eigenvalue weighted by atomic mass is 79.9. The summed E-state index contributed by atoms with van der Waals surface area (Å²) in [7, 11) is 0. The van der Waals surface area contributed by atoms with Gasteiger partial charge in [-0.1, -0.05) is 113 Å². The minimum absolute atomic E-state index is 0.614. The molecule has 0 fully saturated rings. The standard InChI is InChI=1S/C33H20BrN3O/c34-25-19-17-22(18-20-25)21-13-15-24(16-14-21)32-35-31(23-7-2-1-3-8-23)36-33(37-32)27-10-6-12-29-30(27)26-9-4-5-11-28(26)38-29/h1-20H. The van der Waals surface area contributed by atoms with Gasteiger partial charge < -0.3 is 4.42 Å². The Balaban J connectivity index is 1.41. The molecule has 0 atom stereocenters. The Morgan fingerprint density at radius 1 is 0.447 bits per heavy atom. The predicted molar refractivity (Wildman–Crippen MR) is 157 cm³/mol. The summed E-state index contributed by atoms with van der Waals surface area (Å²) in [4.78, 5) is 14.8. The van der Waals surface area contributed by atoms with Crippen LogP contribution in [0.1, 0.15) is 0 Å². The van der Waals surface area contributed by atoms with Gasteiger partial charge in [0.05, 0.1) is 0 Å². The normalized spacial score (nSPS) is 11.3. The van der Waals surface area contributed by atoms with Crippen LogP contribution in [0, 0.1) is 0 Å². The molecule has 0 spiro atoms. The Labute approximate surface area is 227 Å². The second-order valence-corrected chi connectivity index (χ2v) is 9.95. The highest BCUT2D eigenvalue weighted by Crippen LogP contribution is 2.36. The summed E-state index contributed by atoms with van der Waals surface area (Å²) < 4.78 is 7.19. The van der Waals surface area contributed by atoms with Gasteiger partial charge >= 0.3 is 0 Å². The SMILES string of the molecule is Brc1ccc(-c2ccc(-c3nc(-c4ccccc4)nc(-c4cccc5oc6ccccc6c45)n3)cc2)cc1. The molecule has 180 valence electrons. The fraction of sp³-hybridized carbons (Fsp3) is 0. The number of aromatic nitrogens is 3.